The van der Waals surface area contributed by atoms with Crippen LogP contribution >= 0.6 is 0 Å². The lowest BCUT2D eigenvalue weighted by molar-refractivity contribution is -0.152. The fourth-order valence-corrected chi connectivity index (χ4v) is 12.6. The molecule has 0 spiro atoms. The second kappa shape index (κ2) is 45.7. The minimum absolute atomic E-state index is 0.0142. The van der Waals surface area contributed by atoms with Gasteiger partial charge in [-0.3, -0.25) is 38.4 Å². The van der Waals surface area contributed by atoms with Crippen LogP contribution in [0.2, 0.25) is 0 Å². The van der Waals surface area contributed by atoms with Crippen molar-refractivity contribution in [2.75, 3.05) is 85.9 Å². The number of rotatable bonds is 41. The maximum Gasteiger partial charge on any atom is 0.342 e. The summed E-state index contributed by atoms with van der Waals surface area (Å²) in [7, 11) is 0. The molecule has 4 fully saturated rings. The summed E-state index contributed by atoms with van der Waals surface area (Å²) in [5, 5.41) is 0. The minimum Gasteiger partial charge on any atom is -0.465 e. The maximum atomic E-state index is 13.9. The van der Waals surface area contributed by atoms with Gasteiger partial charge < -0.3 is 75.8 Å². The zero-order chi connectivity index (χ0) is 77.7. The lowest BCUT2D eigenvalue weighted by Gasteiger charge is -2.27. The van der Waals surface area contributed by atoms with E-state index >= 15 is 0 Å². The third-order valence-corrected chi connectivity index (χ3v) is 18.8. The van der Waals surface area contributed by atoms with Gasteiger partial charge in [-0.2, -0.15) is 0 Å². The van der Waals surface area contributed by atoms with Gasteiger partial charge in [0.1, 0.15) is 71.0 Å². The largest absolute Gasteiger partial charge is 0.465 e. The molecule has 4 saturated carbocycles. The molecule has 108 heavy (non-hydrogen) atoms. The van der Waals surface area contributed by atoms with Crippen LogP contribution in [-0.2, 0) is 95.3 Å². The van der Waals surface area contributed by atoms with Gasteiger partial charge in [-0.05, 0) is 204 Å². The van der Waals surface area contributed by atoms with Crippen molar-refractivity contribution >= 4 is 77.6 Å². The topological polar surface area (TPSA) is 370 Å². The first-order chi connectivity index (χ1) is 52.2. The summed E-state index contributed by atoms with van der Waals surface area (Å²) in [6, 6.07) is 11.7. The molecule has 29 nitrogen and oxygen atoms in total. The molecule has 7 rings (SSSR count). The van der Waals surface area contributed by atoms with Crippen LogP contribution in [0.3, 0.4) is 0 Å². The van der Waals surface area contributed by atoms with Crippen molar-refractivity contribution in [1.82, 2.24) is 0 Å². The van der Waals surface area contributed by atoms with Crippen molar-refractivity contribution in [1.29, 1.82) is 0 Å². The predicted molar refractivity (Wildman–Crippen MR) is 378 cm³/mol. The molecule has 4 aliphatic rings. The highest BCUT2D eigenvalue weighted by Gasteiger charge is 2.38. The monoisotopic (exact) mass is 1510 g/mol. The van der Waals surface area contributed by atoms with Gasteiger partial charge in [0, 0.05) is 32.0 Å². The predicted octanol–water partition coefficient (Wildman–Crippen LogP) is 10.4. The molecule has 588 valence electrons. The molecule has 0 N–H and O–H groups in total. The Balaban J connectivity index is 0.896. The normalized spacial score (nSPS) is 19.6. The molecule has 0 radical (unpaired) electrons. The molecule has 0 amide bonds. The Morgan fingerprint density at radius 2 is 0.509 bits per heavy atom. The van der Waals surface area contributed by atoms with Crippen LogP contribution in [0.5, 0.6) is 34.5 Å². The number of esters is 13. The van der Waals surface area contributed by atoms with Crippen LogP contribution < -0.4 is 28.4 Å². The molecule has 0 aliphatic heterocycles. The Bertz CT molecular complexity index is 3580. The molecule has 0 saturated heterocycles. The summed E-state index contributed by atoms with van der Waals surface area (Å²) in [4.78, 5) is 171. The highest BCUT2D eigenvalue weighted by Crippen LogP contribution is 2.39. The summed E-state index contributed by atoms with van der Waals surface area (Å²) in [5.41, 5.74) is -0.619. The number of benzene rings is 3. The van der Waals surface area contributed by atoms with E-state index in [1.165, 1.54) is 54.6 Å². The first-order valence-electron chi connectivity index (χ1n) is 37.1. The van der Waals surface area contributed by atoms with Crippen molar-refractivity contribution in [2.24, 2.45) is 47.3 Å². The Kier molecular flexibility index (Phi) is 36.1. The van der Waals surface area contributed by atoms with Gasteiger partial charge in [-0.25, -0.2) is 24.0 Å². The van der Waals surface area contributed by atoms with E-state index in [9.17, 15) is 62.3 Å². The molecule has 0 heterocycles. The summed E-state index contributed by atoms with van der Waals surface area (Å²) in [5.74, 6) is -13.8. The van der Waals surface area contributed by atoms with Crippen molar-refractivity contribution in [2.45, 2.75) is 149 Å². The van der Waals surface area contributed by atoms with E-state index in [0.717, 1.165) is 12.2 Å². The van der Waals surface area contributed by atoms with Gasteiger partial charge in [0.25, 0.3) is 0 Å². The van der Waals surface area contributed by atoms with Gasteiger partial charge >= 0.3 is 77.6 Å². The van der Waals surface area contributed by atoms with Crippen molar-refractivity contribution in [3.05, 3.63) is 96.6 Å². The van der Waals surface area contributed by atoms with E-state index in [4.69, 9.17) is 75.8 Å². The van der Waals surface area contributed by atoms with E-state index < -0.39 is 113 Å². The van der Waals surface area contributed by atoms with Crippen molar-refractivity contribution in [3.63, 3.8) is 0 Å². The quantitative estimate of drug-likeness (QED) is 0.0167. The molecule has 3 aromatic carbocycles. The first-order valence-corrected chi connectivity index (χ1v) is 37.1. The fraction of sp³-hybridized carbons (Fsp3) is 0.557. The highest BCUT2D eigenvalue weighted by molar-refractivity contribution is 5.97. The third kappa shape index (κ3) is 27.7. The third-order valence-electron chi connectivity index (χ3n) is 18.8. The number of carbonyl (C=O) groups excluding carboxylic acids is 13. The van der Waals surface area contributed by atoms with Gasteiger partial charge in [0.05, 0.1) is 93.6 Å². The number of hydrogen-bond acceptors (Lipinski definition) is 29. The molecule has 0 bridgehead atoms. The van der Waals surface area contributed by atoms with Crippen LogP contribution in [-0.4, -0.2) is 163 Å². The Morgan fingerprint density at radius 1 is 0.287 bits per heavy atom. The minimum atomic E-state index is -0.909. The van der Waals surface area contributed by atoms with Gasteiger partial charge in [0.15, 0.2) is 0 Å². The Labute approximate surface area is 626 Å². The van der Waals surface area contributed by atoms with E-state index in [1.807, 2.05) is 0 Å². The lowest BCUT2D eigenvalue weighted by Crippen LogP contribution is -2.31. The van der Waals surface area contributed by atoms with Crippen molar-refractivity contribution in [3.8, 4) is 34.5 Å². The Morgan fingerprint density at radius 3 is 0.741 bits per heavy atom. The standard InChI is InChI=1S/C79H98O29/c1-6-67(80)96-37-11-13-39-98-69(82)50-15-19-52(20-16-50)71(84)103-58-31-35-65(62(47-58)78(91)101-45-42-94-9-4)107-75(88)56-27-29-57(30-28-56)76(89)108-66-36-33-60(49-63(66)79(92)102-46-43-95-10-5)105-73(86)54-25-23-53(24-26-54)72(85)104-59-32-34-64(61(48-59)77(90)100-44-41-93-8-3)106-74(87)55-21-17-51(18-22-55)70(83)99-40-14-12-38-97-68(81)7-2/h6-7,31-36,47-57H,1-2,8-30,37-46H2,3-5H3. The number of hydrogen-bond donors (Lipinski definition) is 0. The van der Waals surface area contributed by atoms with Gasteiger partial charge in [-0.1, -0.05) is 13.2 Å². The van der Waals surface area contributed by atoms with Crippen LogP contribution in [0, 0.1) is 47.3 Å². The zero-order valence-corrected chi connectivity index (χ0v) is 61.6. The Hall–Kier alpha value is -9.87. The lowest BCUT2D eigenvalue weighted by atomic mass is 9.82. The smallest absolute Gasteiger partial charge is 0.342 e. The van der Waals surface area contributed by atoms with E-state index in [2.05, 4.69) is 13.2 Å². The molecular formula is C79H98O29. The molecule has 3 aromatic rings. The first kappa shape index (κ1) is 85.4. The average molecular weight is 1510 g/mol. The summed E-state index contributed by atoms with van der Waals surface area (Å²) >= 11 is 0. The molecule has 0 atom stereocenters. The van der Waals surface area contributed by atoms with Crippen LogP contribution in [0.1, 0.15) is 180 Å². The molecule has 29 heteroatoms. The second-order valence-electron chi connectivity index (χ2n) is 26.2. The average Bonchev–Trinajstić information content (AvgIpc) is 0.825. The van der Waals surface area contributed by atoms with Crippen LogP contribution in [0.25, 0.3) is 0 Å². The van der Waals surface area contributed by atoms with Crippen LogP contribution in [0.15, 0.2) is 79.9 Å². The van der Waals surface area contributed by atoms with Crippen LogP contribution in [0.4, 0.5) is 0 Å². The number of unbranched alkanes of at least 4 members (excludes halogenated alkanes) is 2. The van der Waals surface area contributed by atoms with Gasteiger partial charge in [-0.15, -0.1) is 0 Å². The van der Waals surface area contributed by atoms with E-state index in [0.29, 0.717) is 96.9 Å². The molecular weight excluding hydrogens is 1410 g/mol. The van der Waals surface area contributed by atoms with Crippen molar-refractivity contribution < 1.29 is 138 Å². The summed E-state index contributed by atoms with van der Waals surface area (Å²) in [6.45, 7) is 13.6. The number of carbonyl (C=O) groups is 13. The highest BCUT2D eigenvalue weighted by atomic mass is 16.6. The maximum absolute atomic E-state index is 13.9. The molecule has 0 aromatic heterocycles. The fourth-order valence-electron chi connectivity index (χ4n) is 12.6. The zero-order valence-electron chi connectivity index (χ0n) is 61.6. The number of ether oxygens (including phenoxy) is 16. The van der Waals surface area contributed by atoms with Gasteiger partial charge in [0.2, 0.25) is 0 Å². The van der Waals surface area contributed by atoms with E-state index in [1.54, 1.807) is 20.8 Å². The second-order valence-corrected chi connectivity index (χ2v) is 26.2. The molecule has 4 aliphatic carbocycles. The molecule has 0 unspecified atom stereocenters. The summed E-state index contributed by atoms with van der Waals surface area (Å²) in [6.07, 6.45) is 8.51. The van der Waals surface area contributed by atoms with E-state index in [-0.39, 0.29) is 181 Å². The summed E-state index contributed by atoms with van der Waals surface area (Å²) < 4.78 is 87.6. The SMILES string of the molecule is C=CC(=O)OCCCCOC(=O)C1CCC(C(=O)Oc2ccc(OC(=O)C3CCC(C(=O)Oc4ccc(OC(=O)C5CCC(C(=O)Oc6ccc(OC(=O)C7CCC(C(=O)OCCCCOC(=O)C=C)CC7)c(C(=O)OCCOCC)c6)CC5)cc4C(=O)OCCOCC)CC3)c(C(=O)OCCOCC)c2)CC1.